The number of likely N-dealkylation sites (tertiary alicyclic amines) is 1. The van der Waals surface area contributed by atoms with Crippen LogP contribution in [0, 0.1) is 0 Å². The molecule has 0 unspecified atom stereocenters. The summed E-state index contributed by atoms with van der Waals surface area (Å²) in [7, 11) is 0. The monoisotopic (exact) mass is 294 g/mol. The van der Waals surface area contributed by atoms with Crippen LogP contribution in [0.5, 0.6) is 0 Å². The average Bonchev–Trinajstić information content (AvgIpc) is 3.09. The molecular weight excluding hydrogens is 272 g/mol. The standard InChI is InChI=1S/C19H22N2O/c22-19(20-12-15-21-13-4-5-14-21)18-10-8-17(9-11-18)16-6-2-1-3-7-16/h1-3,6-11H,4-5,12-15H2,(H,20,22). The summed E-state index contributed by atoms with van der Waals surface area (Å²) in [5, 5.41) is 3.00. The molecule has 114 valence electrons. The number of amides is 1. The molecule has 1 aliphatic rings. The molecule has 1 fully saturated rings. The highest BCUT2D eigenvalue weighted by atomic mass is 16.1. The van der Waals surface area contributed by atoms with Gasteiger partial charge in [0.2, 0.25) is 0 Å². The summed E-state index contributed by atoms with van der Waals surface area (Å²) in [5.74, 6) is 0.0128. The number of rotatable bonds is 5. The summed E-state index contributed by atoms with van der Waals surface area (Å²) < 4.78 is 0. The van der Waals surface area contributed by atoms with Crippen LogP contribution in [-0.4, -0.2) is 37.0 Å². The largest absolute Gasteiger partial charge is 0.351 e. The van der Waals surface area contributed by atoms with E-state index in [1.807, 2.05) is 42.5 Å². The quantitative estimate of drug-likeness (QED) is 0.918. The lowest BCUT2D eigenvalue weighted by atomic mass is 10.0. The van der Waals surface area contributed by atoms with Gasteiger partial charge in [0.25, 0.3) is 5.91 Å². The van der Waals surface area contributed by atoms with Crippen molar-refractivity contribution < 1.29 is 4.79 Å². The summed E-state index contributed by atoms with van der Waals surface area (Å²) in [5.41, 5.74) is 3.03. The molecule has 0 radical (unpaired) electrons. The highest BCUT2D eigenvalue weighted by Gasteiger charge is 2.11. The van der Waals surface area contributed by atoms with Gasteiger partial charge in [-0.15, -0.1) is 0 Å². The van der Waals surface area contributed by atoms with Crippen LogP contribution in [0.4, 0.5) is 0 Å². The van der Waals surface area contributed by atoms with Gasteiger partial charge >= 0.3 is 0 Å². The fraction of sp³-hybridized carbons (Fsp3) is 0.316. The van der Waals surface area contributed by atoms with Gasteiger partial charge in [-0.1, -0.05) is 42.5 Å². The van der Waals surface area contributed by atoms with Gasteiger partial charge in [0.05, 0.1) is 0 Å². The molecule has 0 spiro atoms. The lowest BCUT2D eigenvalue weighted by Gasteiger charge is -2.14. The maximum Gasteiger partial charge on any atom is 0.251 e. The van der Waals surface area contributed by atoms with Crippen molar-refractivity contribution in [1.82, 2.24) is 10.2 Å². The minimum absolute atomic E-state index is 0.0128. The van der Waals surface area contributed by atoms with Crippen molar-refractivity contribution in [3.05, 3.63) is 60.2 Å². The molecule has 1 aliphatic heterocycles. The smallest absolute Gasteiger partial charge is 0.251 e. The van der Waals surface area contributed by atoms with Crippen LogP contribution < -0.4 is 5.32 Å². The molecule has 1 heterocycles. The maximum absolute atomic E-state index is 12.1. The van der Waals surface area contributed by atoms with E-state index in [9.17, 15) is 4.79 Å². The van der Waals surface area contributed by atoms with Crippen LogP contribution >= 0.6 is 0 Å². The first kappa shape index (κ1) is 14.8. The van der Waals surface area contributed by atoms with Crippen LogP contribution in [0.1, 0.15) is 23.2 Å². The number of benzene rings is 2. The third-order valence-corrected chi connectivity index (χ3v) is 4.17. The zero-order valence-electron chi connectivity index (χ0n) is 12.8. The van der Waals surface area contributed by atoms with Crippen molar-refractivity contribution in [2.75, 3.05) is 26.2 Å². The topological polar surface area (TPSA) is 32.3 Å². The third-order valence-electron chi connectivity index (χ3n) is 4.17. The summed E-state index contributed by atoms with van der Waals surface area (Å²) >= 11 is 0. The Morgan fingerprint density at radius 3 is 2.23 bits per heavy atom. The van der Waals surface area contributed by atoms with Crippen LogP contribution in [0.15, 0.2) is 54.6 Å². The van der Waals surface area contributed by atoms with Gasteiger partial charge in [-0.3, -0.25) is 4.79 Å². The van der Waals surface area contributed by atoms with E-state index in [0.717, 1.165) is 24.2 Å². The Morgan fingerprint density at radius 2 is 1.55 bits per heavy atom. The number of nitrogens with one attached hydrogen (secondary N) is 1. The SMILES string of the molecule is O=C(NCCN1CCCC1)c1ccc(-c2ccccc2)cc1. The molecule has 0 atom stereocenters. The van der Waals surface area contributed by atoms with E-state index in [1.54, 1.807) is 0 Å². The van der Waals surface area contributed by atoms with E-state index in [-0.39, 0.29) is 5.91 Å². The summed E-state index contributed by atoms with van der Waals surface area (Å²) in [4.78, 5) is 14.5. The van der Waals surface area contributed by atoms with Crippen LogP contribution in [0.25, 0.3) is 11.1 Å². The second-order valence-corrected chi connectivity index (χ2v) is 5.75. The van der Waals surface area contributed by atoms with Crippen LogP contribution in [0.3, 0.4) is 0 Å². The van der Waals surface area contributed by atoms with Crippen molar-refractivity contribution in [3.63, 3.8) is 0 Å². The molecule has 3 heteroatoms. The summed E-state index contributed by atoms with van der Waals surface area (Å²) in [6.07, 6.45) is 2.57. The first-order valence-electron chi connectivity index (χ1n) is 7.99. The predicted molar refractivity (Wildman–Crippen MR) is 89.9 cm³/mol. The van der Waals surface area contributed by atoms with Crippen molar-refractivity contribution in [2.24, 2.45) is 0 Å². The van der Waals surface area contributed by atoms with Crippen molar-refractivity contribution in [3.8, 4) is 11.1 Å². The molecule has 22 heavy (non-hydrogen) atoms. The second kappa shape index (κ2) is 7.23. The third kappa shape index (κ3) is 3.74. The van der Waals surface area contributed by atoms with Crippen molar-refractivity contribution in [1.29, 1.82) is 0 Å². The molecule has 0 aliphatic carbocycles. The van der Waals surface area contributed by atoms with Gasteiger partial charge in [0, 0.05) is 18.7 Å². The van der Waals surface area contributed by atoms with E-state index in [0.29, 0.717) is 0 Å². The molecule has 0 aromatic heterocycles. The zero-order chi connectivity index (χ0) is 15.2. The van der Waals surface area contributed by atoms with E-state index in [1.165, 1.54) is 31.5 Å². The Kier molecular flexibility index (Phi) is 4.86. The Bertz CT molecular complexity index is 601. The van der Waals surface area contributed by atoms with Gasteiger partial charge in [-0.25, -0.2) is 0 Å². The number of hydrogen-bond acceptors (Lipinski definition) is 2. The first-order valence-corrected chi connectivity index (χ1v) is 7.99. The van der Waals surface area contributed by atoms with Gasteiger partial charge < -0.3 is 10.2 Å². The van der Waals surface area contributed by atoms with Crippen molar-refractivity contribution >= 4 is 5.91 Å². The zero-order valence-corrected chi connectivity index (χ0v) is 12.8. The summed E-state index contributed by atoms with van der Waals surface area (Å²) in [6, 6.07) is 18.0. The number of carbonyl (C=O) groups excluding carboxylic acids is 1. The lowest BCUT2D eigenvalue weighted by molar-refractivity contribution is 0.0950. The number of hydrogen-bond donors (Lipinski definition) is 1. The molecule has 0 saturated carbocycles. The highest BCUT2D eigenvalue weighted by Crippen LogP contribution is 2.19. The van der Waals surface area contributed by atoms with E-state index in [2.05, 4.69) is 22.3 Å². The van der Waals surface area contributed by atoms with E-state index < -0.39 is 0 Å². The Labute approximate surface area is 132 Å². The Balaban J connectivity index is 1.54. The van der Waals surface area contributed by atoms with Crippen molar-refractivity contribution in [2.45, 2.75) is 12.8 Å². The van der Waals surface area contributed by atoms with E-state index in [4.69, 9.17) is 0 Å². The molecule has 3 nitrogen and oxygen atoms in total. The van der Waals surface area contributed by atoms with Crippen LogP contribution in [-0.2, 0) is 0 Å². The average molecular weight is 294 g/mol. The second-order valence-electron chi connectivity index (χ2n) is 5.75. The predicted octanol–water partition coefficient (Wildman–Crippen LogP) is 3.18. The fourth-order valence-electron chi connectivity index (χ4n) is 2.88. The first-order chi connectivity index (χ1) is 10.8. The fourth-order valence-corrected chi connectivity index (χ4v) is 2.88. The number of carbonyl (C=O) groups is 1. The summed E-state index contributed by atoms with van der Waals surface area (Å²) in [6.45, 7) is 4.01. The molecule has 2 aromatic rings. The lowest BCUT2D eigenvalue weighted by Crippen LogP contribution is -2.33. The normalized spacial score (nSPS) is 14.9. The van der Waals surface area contributed by atoms with E-state index >= 15 is 0 Å². The van der Waals surface area contributed by atoms with Gasteiger partial charge in [0.1, 0.15) is 0 Å². The Morgan fingerprint density at radius 1 is 0.909 bits per heavy atom. The molecule has 1 N–H and O–H groups in total. The molecule has 1 saturated heterocycles. The molecule has 0 bridgehead atoms. The minimum Gasteiger partial charge on any atom is -0.351 e. The number of nitrogens with zero attached hydrogens (tertiary/aromatic N) is 1. The van der Waals surface area contributed by atoms with Gasteiger partial charge in [-0.05, 0) is 49.2 Å². The Hall–Kier alpha value is -2.13. The molecular formula is C19H22N2O. The maximum atomic E-state index is 12.1. The van der Waals surface area contributed by atoms with Gasteiger partial charge in [0.15, 0.2) is 0 Å². The van der Waals surface area contributed by atoms with Crippen LogP contribution in [0.2, 0.25) is 0 Å². The molecule has 1 amide bonds. The van der Waals surface area contributed by atoms with Gasteiger partial charge in [-0.2, -0.15) is 0 Å². The molecule has 2 aromatic carbocycles. The highest BCUT2D eigenvalue weighted by molar-refractivity contribution is 5.94. The minimum atomic E-state index is 0.0128. The molecule has 3 rings (SSSR count).